The van der Waals surface area contributed by atoms with Gasteiger partial charge in [0.05, 0.1) is 18.3 Å². The van der Waals surface area contributed by atoms with Gasteiger partial charge in [-0.05, 0) is 18.3 Å². The molecule has 2 aliphatic heterocycles. The summed E-state index contributed by atoms with van der Waals surface area (Å²) < 4.78 is 1.62. The topological polar surface area (TPSA) is 133 Å². The summed E-state index contributed by atoms with van der Waals surface area (Å²) >= 11 is 0. The van der Waals surface area contributed by atoms with Crippen molar-refractivity contribution in [2.24, 2.45) is 5.41 Å². The van der Waals surface area contributed by atoms with Crippen molar-refractivity contribution in [2.75, 3.05) is 39.3 Å². The number of likely N-dealkylation sites (tertiary alicyclic amines) is 1. The van der Waals surface area contributed by atoms with Crippen LogP contribution in [0.15, 0.2) is 6.20 Å². The van der Waals surface area contributed by atoms with Crippen molar-refractivity contribution in [3.05, 3.63) is 11.9 Å². The first kappa shape index (κ1) is 23.6. The number of β-amino-alcohol motifs (C(OH)–C–C–N with tert-alkyl or cyclic N) is 1. The molecule has 2 saturated heterocycles. The van der Waals surface area contributed by atoms with E-state index in [0.29, 0.717) is 32.1 Å². The highest BCUT2D eigenvalue weighted by Gasteiger charge is 2.45. The third-order valence-corrected chi connectivity index (χ3v) is 6.55. The van der Waals surface area contributed by atoms with E-state index in [1.807, 2.05) is 31.9 Å². The van der Waals surface area contributed by atoms with E-state index >= 15 is 0 Å². The van der Waals surface area contributed by atoms with E-state index in [2.05, 4.69) is 20.9 Å². The van der Waals surface area contributed by atoms with Crippen LogP contribution in [0.4, 0.5) is 0 Å². The van der Waals surface area contributed by atoms with Gasteiger partial charge in [0.2, 0.25) is 17.7 Å². The SMILES string of the molecule is CC(C)(C)[C@@H](C(=O)N1CC(O)CC1C(=O)NCCN1CCNC(=O)C1)n1cc(C2CC2)nn1. The van der Waals surface area contributed by atoms with Crippen molar-refractivity contribution in [3.8, 4) is 0 Å². The van der Waals surface area contributed by atoms with Crippen molar-refractivity contribution in [3.63, 3.8) is 0 Å². The number of amides is 3. The number of carbonyl (C=O) groups is 3. The molecule has 2 unspecified atom stereocenters. The highest BCUT2D eigenvalue weighted by atomic mass is 16.3. The molecule has 0 aromatic carbocycles. The number of piperazine rings is 1. The average Bonchev–Trinajstić information content (AvgIpc) is 3.34. The predicted molar refractivity (Wildman–Crippen MR) is 119 cm³/mol. The fourth-order valence-corrected chi connectivity index (χ4v) is 4.66. The normalized spacial score (nSPS) is 25.1. The molecule has 1 aromatic heterocycles. The smallest absolute Gasteiger partial charge is 0.248 e. The number of carbonyl (C=O) groups excluding carboxylic acids is 3. The number of nitrogens with zero attached hydrogens (tertiary/aromatic N) is 5. The van der Waals surface area contributed by atoms with E-state index in [-0.39, 0.29) is 30.7 Å². The predicted octanol–water partition coefficient (Wildman–Crippen LogP) is -0.747. The van der Waals surface area contributed by atoms with Gasteiger partial charge in [0.1, 0.15) is 12.1 Å². The zero-order valence-corrected chi connectivity index (χ0v) is 19.7. The highest BCUT2D eigenvalue weighted by Crippen LogP contribution is 2.40. The molecule has 182 valence electrons. The highest BCUT2D eigenvalue weighted by molar-refractivity contribution is 5.90. The van der Waals surface area contributed by atoms with Crippen LogP contribution in [0, 0.1) is 5.41 Å². The molecule has 33 heavy (non-hydrogen) atoms. The van der Waals surface area contributed by atoms with Crippen LogP contribution in [-0.2, 0) is 14.4 Å². The molecule has 4 rings (SSSR count). The van der Waals surface area contributed by atoms with Crippen molar-refractivity contribution in [1.29, 1.82) is 0 Å². The Hall–Kier alpha value is -2.53. The van der Waals surface area contributed by atoms with Gasteiger partial charge in [-0.15, -0.1) is 5.10 Å². The fourth-order valence-electron chi connectivity index (χ4n) is 4.66. The number of hydrogen-bond acceptors (Lipinski definition) is 7. The lowest BCUT2D eigenvalue weighted by Crippen LogP contribution is -2.52. The number of nitrogens with one attached hydrogen (secondary N) is 2. The van der Waals surface area contributed by atoms with E-state index in [4.69, 9.17) is 0 Å². The Bertz CT molecular complexity index is 892. The monoisotopic (exact) mass is 461 g/mol. The minimum atomic E-state index is -0.756. The summed E-state index contributed by atoms with van der Waals surface area (Å²) in [7, 11) is 0. The maximum Gasteiger partial charge on any atom is 0.248 e. The minimum absolute atomic E-state index is 0.0190. The van der Waals surface area contributed by atoms with Crippen molar-refractivity contribution in [1.82, 2.24) is 35.4 Å². The molecule has 3 N–H and O–H groups in total. The van der Waals surface area contributed by atoms with Crippen LogP contribution in [-0.4, -0.2) is 99.0 Å². The lowest BCUT2D eigenvalue weighted by atomic mass is 9.85. The van der Waals surface area contributed by atoms with E-state index < -0.39 is 23.6 Å². The number of aliphatic hydroxyl groups is 1. The molecule has 3 fully saturated rings. The second kappa shape index (κ2) is 9.38. The van der Waals surface area contributed by atoms with E-state index in [1.54, 1.807) is 4.68 Å². The van der Waals surface area contributed by atoms with Crippen LogP contribution in [0.2, 0.25) is 0 Å². The van der Waals surface area contributed by atoms with Crippen LogP contribution in [0.5, 0.6) is 0 Å². The second-order valence-electron chi connectivity index (χ2n) is 10.5. The summed E-state index contributed by atoms with van der Waals surface area (Å²) in [6.45, 7) is 8.58. The van der Waals surface area contributed by atoms with Crippen molar-refractivity contribution >= 4 is 17.7 Å². The Balaban J connectivity index is 1.42. The minimum Gasteiger partial charge on any atom is -0.391 e. The summed E-state index contributed by atoms with van der Waals surface area (Å²) in [6, 6.07) is -1.38. The van der Waals surface area contributed by atoms with E-state index in [1.165, 1.54) is 4.90 Å². The van der Waals surface area contributed by atoms with Crippen LogP contribution in [0.1, 0.15) is 57.7 Å². The first-order chi connectivity index (χ1) is 15.6. The van der Waals surface area contributed by atoms with Gasteiger partial charge in [-0.2, -0.15) is 0 Å². The molecule has 3 amide bonds. The fraction of sp³-hybridized carbons (Fsp3) is 0.773. The number of rotatable bonds is 7. The first-order valence-electron chi connectivity index (χ1n) is 11.8. The second-order valence-corrected chi connectivity index (χ2v) is 10.5. The molecule has 0 bridgehead atoms. The number of hydrogen-bond donors (Lipinski definition) is 3. The van der Waals surface area contributed by atoms with Gasteiger partial charge in [-0.3, -0.25) is 19.3 Å². The van der Waals surface area contributed by atoms with E-state index in [9.17, 15) is 19.5 Å². The van der Waals surface area contributed by atoms with Gasteiger partial charge in [-0.25, -0.2) is 4.68 Å². The summed E-state index contributed by atoms with van der Waals surface area (Å²) in [5.41, 5.74) is 0.439. The molecule has 1 aromatic rings. The average molecular weight is 462 g/mol. The molecule has 1 saturated carbocycles. The maximum absolute atomic E-state index is 13.7. The van der Waals surface area contributed by atoms with Gasteiger partial charge in [-0.1, -0.05) is 26.0 Å². The van der Waals surface area contributed by atoms with Crippen LogP contribution >= 0.6 is 0 Å². The molecule has 0 spiro atoms. The number of aromatic nitrogens is 3. The Morgan fingerprint density at radius 2 is 2.09 bits per heavy atom. The molecular weight excluding hydrogens is 426 g/mol. The van der Waals surface area contributed by atoms with Crippen LogP contribution in [0.25, 0.3) is 0 Å². The molecule has 3 atom stereocenters. The molecule has 1 aliphatic carbocycles. The van der Waals surface area contributed by atoms with Crippen LogP contribution < -0.4 is 10.6 Å². The van der Waals surface area contributed by atoms with Crippen molar-refractivity contribution in [2.45, 2.75) is 64.1 Å². The molecular formula is C22H35N7O4. The van der Waals surface area contributed by atoms with Gasteiger partial charge in [0.15, 0.2) is 0 Å². The largest absolute Gasteiger partial charge is 0.391 e. The summed E-state index contributed by atoms with van der Waals surface area (Å²) in [5, 5.41) is 24.5. The third-order valence-electron chi connectivity index (χ3n) is 6.55. The van der Waals surface area contributed by atoms with Crippen LogP contribution in [0.3, 0.4) is 0 Å². The first-order valence-corrected chi connectivity index (χ1v) is 11.8. The lowest BCUT2D eigenvalue weighted by Gasteiger charge is -2.34. The quantitative estimate of drug-likeness (QED) is 0.487. The van der Waals surface area contributed by atoms with Gasteiger partial charge in [0, 0.05) is 51.3 Å². The zero-order chi connectivity index (χ0) is 23.8. The Morgan fingerprint density at radius 3 is 2.76 bits per heavy atom. The van der Waals surface area contributed by atoms with E-state index in [0.717, 1.165) is 25.1 Å². The summed E-state index contributed by atoms with van der Waals surface area (Å²) in [5.74, 6) is -0.118. The Morgan fingerprint density at radius 1 is 1.33 bits per heavy atom. The van der Waals surface area contributed by atoms with Gasteiger partial charge >= 0.3 is 0 Å². The molecule has 3 heterocycles. The lowest BCUT2D eigenvalue weighted by molar-refractivity contribution is -0.144. The van der Waals surface area contributed by atoms with Gasteiger partial charge < -0.3 is 20.6 Å². The third kappa shape index (κ3) is 5.52. The van der Waals surface area contributed by atoms with Gasteiger partial charge in [0.25, 0.3) is 0 Å². The maximum atomic E-state index is 13.7. The van der Waals surface area contributed by atoms with Crippen molar-refractivity contribution < 1.29 is 19.5 Å². The summed E-state index contributed by atoms with van der Waals surface area (Å²) in [6.07, 6.45) is 3.48. The Labute approximate surface area is 193 Å². The molecule has 11 nitrogen and oxygen atoms in total. The molecule has 3 aliphatic rings. The zero-order valence-electron chi connectivity index (χ0n) is 19.7. The molecule has 0 radical (unpaired) electrons. The Kier molecular flexibility index (Phi) is 6.71. The molecule has 11 heteroatoms. The number of aliphatic hydroxyl groups excluding tert-OH is 1. The summed E-state index contributed by atoms with van der Waals surface area (Å²) in [4.78, 5) is 41.7. The standard InChI is InChI=1S/C22H35N7O4/c1-22(2,3)19(29-12-16(25-26-29)14-4-5-14)21(33)28-11-15(30)10-17(28)20(32)24-7-9-27-8-6-23-18(31)13-27/h12,14-15,17,19,30H,4-11,13H2,1-3H3,(H,23,31)(H,24,32)/t15?,17?,19-/m1/s1.